The van der Waals surface area contributed by atoms with Gasteiger partial charge in [0.2, 0.25) is 5.95 Å². The van der Waals surface area contributed by atoms with Crippen LogP contribution in [0.15, 0.2) is 49.2 Å². The molecule has 0 radical (unpaired) electrons. The third-order valence-corrected chi connectivity index (χ3v) is 5.67. The van der Waals surface area contributed by atoms with Crippen LogP contribution in [0.3, 0.4) is 0 Å². The van der Waals surface area contributed by atoms with Crippen LogP contribution in [0.4, 0.5) is 17.5 Å². The molecule has 1 N–H and O–H groups in total. The molecule has 0 amide bonds. The second kappa shape index (κ2) is 7.03. The molecule has 9 heteroatoms. The summed E-state index contributed by atoms with van der Waals surface area (Å²) >= 11 is 0. The molecule has 1 fully saturated rings. The number of anilines is 3. The van der Waals surface area contributed by atoms with E-state index in [0.29, 0.717) is 12.0 Å². The molecular formula is C21H20N8O. The molecule has 1 aromatic carbocycles. The van der Waals surface area contributed by atoms with Crippen LogP contribution in [-0.4, -0.2) is 48.7 Å². The Hall–Kier alpha value is -3.59. The zero-order chi connectivity index (χ0) is 19.9. The van der Waals surface area contributed by atoms with Gasteiger partial charge >= 0.3 is 0 Å². The highest BCUT2D eigenvalue weighted by Crippen LogP contribution is 2.34. The van der Waals surface area contributed by atoms with Crippen LogP contribution >= 0.6 is 0 Å². The summed E-state index contributed by atoms with van der Waals surface area (Å²) in [5.41, 5.74) is 3.51. The molecule has 150 valence electrons. The first-order valence-corrected chi connectivity index (χ1v) is 10.1. The first kappa shape index (κ1) is 17.3. The monoisotopic (exact) mass is 400 g/mol. The van der Waals surface area contributed by atoms with Crippen molar-refractivity contribution < 1.29 is 4.74 Å². The van der Waals surface area contributed by atoms with Gasteiger partial charge in [-0.25, -0.2) is 9.97 Å². The normalized spacial score (nSPS) is 16.3. The van der Waals surface area contributed by atoms with Crippen LogP contribution in [0.25, 0.3) is 16.7 Å². The summed E-state index contributed by atoms with van der Waals surface area (Å²) in [4.78, 5) is 25.0. The number of nitrogens with zero attached hydrogens (tertiary/aromatic N) is 7. The molecule has 0 aliphatic carbocycles. The summed E-state index contributed by atoms with van der Waals surface area (Å²) in [6.45, 7) is 2.28. The van der Waals surface area contributed by atoms with Gasteiger partial charge in [-0.3, -0.25) is 14.5 Å². The largest absolute Gasteiger partial charge is 0.381 e. The maximum atomic E-state index is 5.57. The Bertz CT molecular complexity index is 1220. The van der Waals surface area contributed by atoms with Crippen LogP contribution in [0.2, 0.25) is 0 Å². The van der Waals surface area contributed by atoms with E-state index in [-0.39, 0.29) is 0 Å². The lowest BCUT2D eigenvalue weighted by molar-refractivity contribution is 0.0836. The minimum atomic E-state index is 0.377. The number of hydrogen-bond acceptors (Lipinski definition) is 8. The third kappa shape index (κ3) is 2.94. The number of aromatic nitrogens is 6. The summed E-state index contributed by atoms with van der Waals surface area (Å²) in [5.74, 6) is 2.48. The Labute approximate surface area is 172 Å². The molecule has 0 saturated carbocycles. The maximum Gasteiger partial charge on any atom is 0.229 e. The molecule has 6 rings (SSSR count). The number of benzene rings is 1. The highest BCUT2D eigenvalue weighted by atomic mass is 16.5. The van der Waals surface area contributed by atoms with Crippen molar-refractivity contribution in [3.05, 3.63) is 55.0 Å². The number of imidazole rings is 1. The minimum absolute atomic E-state index is 0.377. The van der Waals surface area contributed by atoms with Gasteiger partial charge in [-0.2, -0.15) is 4.98 Å². The van der Waals surface area contributed by atoms with E-state index in [1.54, 1.807) is 12.4 Å². The average molecular weight is 400 g/mol. The molecule has 5 heterocycles. The van der Waals surface area contributed by atoms with Crippen LogP contribution in [-0.2, 0) is 11.3 Å². The van der Waals surface area contributed by atoms with Gasteiger partial charge in [-0.05, 0) is 31.0 Å². The summed E-state index contributed by atoms with van der Waals surface area (Å²) in [7, 11) is 0. The molecule has 2 aliphatic heterocycles. The first-order valence-electron chi connectivity index (χ1n) is 10.1. The van der Waals surface area contributed by atoms with Crippen molar-refractivity contribution in [2.24, 2.45) is 0 Å². The molecule has 0 unspecified atom stereocenters. The van der Waals surface area contributed by atoms with Crippen molar-refractivity contribution in [3.8, 4) is 5.69 Å². The smallest absolute Gasteiger partial charge is 0.229 e. The Morgan fingerprint density at radius 1 is 0.967 bits per heavy atom. The van der Waals surface area contributed by atoms with Crippen LogP contribution in [0, 0.1) is 0 Å². The van der Waals surface area contributed by atoms with E-state index >= 15 is 0 Å². The molecule has 1 saturated heterocycles. The predicted octanol–water partition coefficient (Wildman–Crippen LogP) is 2.85. The molecule has 9 nitrogen and oxygen atoms in total. The van der Waals surface area contributed by atoms with Crippen molar-refractivity contribution >= 4 is 28.5 Å². The molecule has 2 aliphatic rings. The highest BCUT2D eigenvalue weighted by molar-refractivity contribution is 5.79. The van der Waals surface area contributed by atoms with Crippen molar-refractivity contribution in [2.45, 2.75) is 25.4 Å². The SMILES string of the molecule is c1cn2c(n1)CN(C1CCOCC1)c1nc(Nc3ccc4nccnc4c3)ncc1-2. The molecule has 4 aromatic rings. The van der Waals surface area contributed by atoms with Crippen molar-refractivity contribution in [3.63, 3.8) is 0 Å². The van der Waals surface area contributed by atoms with Gasteiger partial charge in [0.1, 0.15) is 11.5 Å². The van der Waals surface area contributed by atoms with Gasteiger partial charge in [-0.1, -0.05) is 0 Å². The van der Waals surface area contributed by atoms with Crippen LogP contribution in [0.5, 0.6) is 0 Å². The van der Waals surface area contributed by atoms with Crippen molar-refractivity contribution in [1.82, 2.24) is 29.5 Å². The average Bonchev–Trinajstić information content (AvgIpc) is 3.28. The van der Waals surface area contributed by atoms with Gasteiger partial charge in [0.05, 0.1) is 23.8 Å². The minimum Gasteiger partial charge on any atom is -0.381 e. The number of hydrogen-bond donors (Lipinski definition) is 1. The van der Waals surface area contributed by atoms with Crippen molar-refractivity contribution in [1.29, 1.82) is 0 Å². The number of rotatable bonds is 3. The highest BCUT2D eigenvalue weighted by Gasteiger charge is 2.31. The Morgan fingerprint density at radius 2 is 1.83 bits per heavy atom. The third-order valence-electron chi connectivity index (χ3n) is 5.67. The van der Waals surface area contributed by atoms with Gasteiger partial charge < -0.3 is 15.0 Å². The van der Waals surface area contributed by atoms with E-state index in [2.05, 4.69) is 34.7 Å². The van der Waals surface area contributed by atoms with E-state index in [4.69, 9.17) is 9.72 Å². The molecule has 3 aromatic heterocycles. The lowest BCUT2D eigenvalue weighted by Crippen LogP contribution is -2.42. The van der Waals surface area contributed by atoms with E-state index in [1.165, 1.54) is 0 Å². The van der Waals surface area contributed by atoms with Gasteiger partial charge in [0.25, 0.3) is 0 Å². The van der Waals surface area contributed by atoms with E-state index < -0.39 is 0 Å². The second-order valence-electron chi connectivity index (χ2n) is 7.47. The Kier molecular flexibility index (Phi) is 4.05. The quantitative estimate of drug-likeness (QED) is 0.561. The van der Waals surface area contributed by atoms with E-state index in [0.717, 1.165) is 66.7 Å². The van der Waals surface area contributed by atoms with Crippen molar-refractivity contribution in [2.75, 3.05) is 23.4 Å². The summed E-state index contributed by atoms with van der Waals surface area (Å²) < 4.78 is 7.64. The maximum absolute atomic E-state index is 5.57. The number of nitrogens with one attached hydrogen (secondary N) is 1. The zero-order valence-electron chi connectivity index (χ0n) is 16.3. The summed E-state index contributed by atoms with van der Waals surface area (Å²) in [6, 6.07) is 6.23. The molecule has 0 atom stereocenters. The zero-order valence-corrected chi connectivity index (χ0v) is 16.3. The van der Waals surface area contributed by atoms with Crippen LogP contribution in [0.1, 0.15) is 18.7 Å². The summed E-state index contributed by atoms with van der Waals surface area (Å²) in [5, 5.41) is 3.32. The fraction of sp³-hybridized carbons (Fsp3) is 0.286. The molecule has 0 bridgehead atoms. The Morgan fingerprint density at radius 3 is 2.73 bits per heavy atom. The van der Waals surface area contributed by atoms with Gasteiger partial charge in [0, 0.05) is 49.7 Å². The van der Waals surface area contributed by atoms with Gasteiger partial charge in [0.15, 0.2) is 5.82 Å². The lowest BCUT2D eigenvalue weighted by Gasteiger charge is -2.38. The molecule has 0 spiro atoms. The number of fused-ring (bicyclic) bond motifs is 4. The van der Waals surface area contributed by atoms with E-state index in [9.17, 15) is 0 Å². The fourth-order valence-corrected chi connectivity index (χ4v) is 4.17. The first-order chi connectivity index (χ1) is 14.8. The lowest BCUT2D eigenvalue weighted by atomic mass is 10.1. The topological polar surface area (TPSA) is 93.9 Å². The second-order valence-corrected chi connectivity index (χ2v) is 7.47. The van der Waals surface area contributed by atoms with E-state index in [1.807, 2.05) is 36.8 Å². The van der Waals surface area contributed by atoms with Crippen LogP contribution < -0.4 is 10.2 Å². The summed E-state index contributed by atoms with van der Waals surface area (Å²) in [6.07, 6.45) is 11.0. The fourth-order valence-electron chi connectivity index (χ4n) is 4.17. The Balaban J connectivity index is 1.37. The number of ether oxygens (including phenoxy) is 1. The predicted molar refractivity (Wildman–Crippen MR) is 112 cm³/mol. The standard InChI is InChI=1S/C21H20N8O/c1-2-16-17(23-6-5-22-16)11-14(1)26-21-25-12-18-20(27-21)29(15-3-9-30-10-4-15)13-19-24-7-8-28(18)19/h1-2,5-8,11-12,15H,3-4,9-10,13H2,(H,25,26,27). The molecule has 30 heavy (non-hydrogen) atoms. The van der Waals surface area contributed by atoms with Gasteiger partial charge in [-0.15, -0.1) is 0 Å². The molecular weight excluding hydrogens is 380 g/mol.